The number of aromatic nitrogens is 1. The van der Waals surface area contributed by atoms with Crippen LogP contribution in [0.1, 0.15) is 58.7 Å². The number of rotatable bonds is 8. The van der Waals surface area contributed by atoms with Crippen molar-refractivity contribution in [1.29, 1.82) is 0 Å². The van der Waals surface area contributed by atoms with Gasteiger partial charge in [0, 0.05) is 5.56 Å². The van der Waals surface area contributed by atoms with Crippen LogP contribution in [0.25, 0.3) is 6.08 Å². The predicted octanol–water partition coefficient (Wildman–Crippen LogP) is 4.37. The van der Waals surface area contributed by atoms with Crippen molar-refractivity contribution in [2.45, 2.75) is 59.8 Å². The molecule has 0 unspecified atom stereocenters. The maximum Gasteiger partial charge on any atom is 0.338 e. The second kappa shape index (κ2) is 11.2. The van der Waals surface area contributed by atoms with Crippen molar-refractivity contribution in [1.82, 2.24) is 4.57 Å². The molecule has 0 saturated carbocycles. The Bertz CT molecular complexity index is 1510. The van der Waals surface area contributed by atoms with Crippen molar-refractivity contribution >= 4 is 23.4 Å². The zero-order valence-electron chi connectivity index (χ0n) is 22.0. The monoisotopic (exact) mass is 520 g/mol. The van der Waals surface area contributed by atoms with Gasteiger partial charge in [0.2, 0.25) is 0 Å². The van der Waals surface area contributed by atoms with Crippen molar-refractivity contribution in [2.75, 3.05) is 6.61 Å². The third-order valence-electron chi connectivity index (χ3n) is 5.62. The highest BCUT2D eigenvalue weighted by atomic mass is 32.1. The van der Waals surface area contributed by atoms with Gasteiger partial charge in [-0.3, -0.25) is 9.36 Å². The molecular formula is C29H32N2O5S. The maximum atomic E-state index is 13.9. The lowest BCUT2D eigenvalue weighted by Crippen LogP contribution is -2.40. The van der Waals surface area contributed by atoms with E-state index in [0.29, 0.717) is 31.9 Å². The number of hydrogen-bond donors (Lipinski definition) is 0. The Kier molecular flexibility index (Phi) is 7.97. The van der Waals surface area contributed by atoms with Crippen LogP contribution in [-0.2, 0) is 9.53 Å². The first-order valence-corrected chi connectivity index (χ1v) is 13.2. The lowest BCUT2D eigenvalue weighted by Gasteiger charge is -2.26. The summed E-state index contributed by atoms with van der Waals surface area (Å²) in [6.45, 7) is 11.6. The number of nitrogens with zero attached hydrogens (tertiary/aromatic N) is 2. The fourth-order valence-corrected chi connectivity index (χ4v) is 5.30. The number of fused-ring (bicyclic) bond motifs is 1. The largest absolute Gasteiger partial charge is 0.491 e. The fourth-order valence-electron chi connectivity index (χ4n) is 4.25. The summed E-state index contributed by atoms with van der Waals surface area (Å²) in [6, 6.07) is 14.3. The zero-order valence-corrected chi connectivity index (χ0v) is 22.8. The predicted molar refractivity (Wildman–Crippen MR) is 145 cm³/mol. The molecule has 37 heavy (non-hydrogen) atoms. The molecule has 1 aliphatic rings. The normalized spacial score (nSPS) is 15.6. The molecule has 7 nitrogen and oxygen atoms in total. The summed E-state index contributed by atoms with van der Waals surface area (Å²) >= 11 is 1.29. The Morgan fingerprint density at radius 3 is 2.51 bits per heavy atom. The maximum absolute atomic E-state index is 13.9. The van der Waals surface area contributed by atoms with Crippen molar-refractivity contribution in [3.63, 3.8) is 0 Å². The van der Waals surface area contributed by atoms with Gasteiger partial charge < -0.3 is 14.2 Å². The summed E-state index contributed by atoms with van der Waals surface area (Å²) in [4.78, 5) is 32.2. The lowest BCUT2D eigenvalue weighted by atomic mass is 9.95. The van der Waals surface area contributed by atoms with Crippen LogP contribution in [-0.4, -0.2) is 29.4 Å². The van der Waals surface area contributed by atoms with Crippen LogP contribution in [0.3, 0.4) is 0 Å². The minimum atomic E-state index is -0.733. The van der Waals surface area contributed by atoms with E-state index in [1.807, 2.05) is 82.3 Å². The van der Waals surface area contributed by atoms with E-state index in [4.69, 9.17) is 14.2 Å². The smallest absolute Gasteiger partial charge is 0.338 e. The topological polar surface area (TPSA) is 79.1 Å². The molecule has 0 amide bonds. The molecule has 0 saturated heterocycles. The number of hydrogen-bond acceptors (Lipinski definition) is 7. The summed E-state index contributed by atoms with van der Waals surface area (Å²) in [6.07, 6.45) is 1.78. The van der Waals surface area contributed by atoms with E-state index >= 15 is 0 Å². The molecule has 1 atom stereocenters. The van der Waals surface area contributed by atoms with Gasteiger partial charge in [-0.2, -0.15) is 0 Å². The highest BCUT2D eigenvalue weighted by Crippen LogP contribution is 2.36. The van der Waals surface area contributed by atoms with E-state index in [2.05, 4.69) is 4.99 Å². The quantitative estimate of drug-likeness (QED) is 0.412. The molecule has 8 heteroatoms. The molecule has 2 aromatic carbocycles. The standard InChI is InChI=1S/C29H32N2O5S/c1-7-34-28(33)25-19(6)30-29-31(26(25)22-13-8-9-14-23(22)36-18(4)5)27(32)24(37-29)16-20-11-10-12-21(15-20)35-17(2)3/h8-18,26H,7H2,1-6H3/b24-16-/t26-/m0/s1. The molecule has 0 radical (unpaired) electrons. The van der Waals surface area contributed by atoms with E-state index in [-0.39, 0.29) is 24.4 Å². The molecule has 0 spiro atoms. The Balaban J connectivity index is 1.93. The van der Waals surface area contributed by atoms with Crippen LogP contribution in [0, 0.1) is 0 Å². The lowest BCUT2D eigenvalue weighted by molar-refractivity contribution is -0.139. The van der Waals surface area contributed by atoms with Crippen LogP contribution in [0.2, 0.25) is 0 Å². The number of esters is 1. The number of thiazole rings is 1. The van der Waals surface area contributed by atoms with Gasteiger partial charge in [0.25, 0.3) is 5.56 Å². The summed E-state index contributed by atoms with van der Waals surface area (Å²) < 4.78 is 19.4. The summed E-state index contributed by atoms with van der Waals surface area (Å²) in [5, 5.41) is 0. The molecule has 0 fully saturated rings. The summed E-state index contributed by atoms with van der Waals surface area (Å²) in [7, 11) is 0. The van der Waals surface area contributed by atoms with E-state index in [1.165, 1.54) is 11.3 Å². The molecule has 0 N–H and O–H groups in total. The molecule has 2 heterocycles. The first kappa shape index (κ1) is 26.4. The summed E-state index contributed by atoms with van der Waals surface area (Å²) in [5.74, 6) is 0.836. The minimum absolute atomic E-state index is 0.0398. The number of para-hydroxylation sites is 1. The molecule has 1 aliphatic heterocycles. The molecule has 1 aromatic heterocycles. The second-order valence-electron chi connectivity index (χ2n) is 9.25. The molecule has 4 rings (SSSR count). The number of benzene rings is 2. The van der Waals surface area contributed by atoms with Crippen molar-refractivity contribution in [3.8, 4) is 11.5 Å². The van der Waals surface area contributed by atoms with Crippen molar-refractivity contribution in [2.24, 2.45) is 4.99 Å². The van der Waals surface area contributed by atoms with Gasteiger partial charge in [0.05, 0.1) is 34.6 Å². The van der Waals surface area contributed by atoms with Gasteiger partial charge in [-0.15, -0.1) is 0 Å². The molecule has 194 valence electrons. The fraction of sp³-hybridized carbons (Fsp3) is 0.345. The van der Waals surface area contributed by atoms with Crippen LogP contribution in [0.15, 0.2) is 69.6 Å². The Morgan fingerprint density at radius 2 is 1.81 bits per heavy atom. The summed E-state index contributed by atoms with van der Waals surface area (Å²) in [5.41, 5.74) is 2.15. The average Bonchev–Trinajstić information content (AvgIpc) is 3.12. The van der Waals surface area contributed by atoms with Gasteiger partial charge >= 0.3 is 5.97 Å². The van der Waals surface area contributed by atoms with E-state index < -0.39 is 12.0 Å². The second-order valence-corrected chi connectivity index (χ2v) is 10.3. The van der Waals surface area contributed by atoms with Crippen molar-refractivity contribution < 1.29 is 19.0 Å². The third-order valence-corrected chi connectivity index (χ3v) is 6.60. The van der Waals surface area contributed by atoms with Crippen LogP contribution in [0.5, 0.6) is 11.5 Å². The highest BCUT2D eigenvalue weighted by Gasteiger charge is 2.35. The van der Waals surface area contributed by atoms with Crippen LogP contribution >= 0.6 is 11.3 Å². The van der Waals surface area contributed by atoms with Crippen LogP contribution < -0.4 is 24.4 Å². The molecular weight excluding hydrogens is 488 g/mol. The number of allylic oxidation sites excluding steroid dienone is 1. The first-order valence-electron chi connectivity index (χ1n) is 12.4. The highest BCUT2D eigenvalue weighted by molar-refractivity contribution is 7.07. The van der Waals surface area contributed by atoms with E-state index in [1.54, 1.807) is 18.4 Å². The third kappa shape index (κ3) is 5.69. The first-order chi connectivity index (χ1) is 17.7. The van der Waals surface area contributed by atoms with Gasteiger partial charge in [-0.25, -0.2) is 9.79 Å². The molecule has 0 aliphatic carbocycles. The zero-order chi connectivity index (χ0) is 26.7. The average molecular weight is 521 g/mol. The number of carbonyl (C=O) groups excluding carboxylic acids is 1. The Labute approximate surface area is 220 Å². The molecule has 0 bridgehead atoms. The van der Waals surface area contributed by atoms with Crippen LogP contribution in [0.4, 0.5) is 0 Å². The van der Waals surface area contributed by atoms with Gasteiger partial charge in [0.1, 0.15) is 17.5 Å². The minimum Gasteiger partial charge on any atom is -0.491 e. The van der Waals surface area contributed by atoms with E-state index in [9.17, 15) is 9.59 Å². The molecule has 3 aromatic rings. The Hall–Kier alpha value is -3.65. The van der Waals surface area contributed by atoms with E-state index in [0.717, 1.165) is 11.3 Å². The number of ether oxygens (including phenoxy) is 3. The number of carbonyl (C=O) groups is 1. The Morgan fingerprint density at radius 1 is 1.08 bits per heavy atom. The SMILES string of the molecule is CCOC(=O)C1=C(C)N=c2s/c(=C\c3cccc(OC(C)C)c3)c(=O)n2[C@H]1c1ccccc1OC(C)C. The van der Waals surface area contributed by atoms with Gasteiger partial charge in [-0.05, 0) is 71.4 Å². The van der Waals surface area contributed by atoms with Gasteiger partial charge in [0.15, 0.2) is 4.80 Å². The van der Waals surface area contributed by atoms with Crippen molar-refractivity contribution in [3.05, 3.63) is 90.6 Å². The van der Waals surface area contributed by atoms with Gasteiger partial charge in [-0.1, -0.05) is 41.7 Å².